The van der Waals surface area contributed by atoms with Crippen LogP contribution in [0.4, 0.5) is 13.2 Å². The molecule has 0 saturated carbocycles. The van der Waals surface area contributed by atoms with E-state index in [1.54, 1.807) is 10.6 Å². The van der Waals surface area contributed by atoms with Crippen LogP contribution in [0.25, 0.3) is 28.2 Å². The first kappa shape index (κ1) is 27.8. The molecular formula is C28H27BrClF3N2O. The summed E-state index contributed by atoms with van der Waals surface area (Å²) < 4.78 is 50.5. The summed E-state index contributed by atoms with van der Waals surface area (Å²) in [4.78, 5) is 2.09. The first-order valence-electron chi connectivity index (χ1n) is 11.3. The molecule has 3 aromatic carbocycles. The van der Waals surface area contributed by atoms with Crippen molar-refractivity contribution in [1.82, 2.24) is 9.47 Å². The van der Waals surface area contributed by atoms with Gasteiger partial charge in [-0.1, -0.05) is 52.3 Å². The molecule has 3 nitrogen and oxygen atoms in total. The Morgan fingerprint density at radius 2 is 1.50 bits per heavy atom. The normalized spacial score (nSPS) is 11.4. The van der Waals surface area contributed by atoms with Crippen molar-refractivity contribution in [3.05, 3.63) is 95.0 Å². The number of hydrogen-bond donors (Lipinski definition) is 0. The predicted molar refractivity (Wildman–Crippen MR) is 145 cm³/mol. The number of aromatic nitrogens is 1. The summed E-state index contributed by atoms with van der Waals surface area (Å²) in [5.74, 6) is 0.684. The van der Waals surface area contributed by atoms with Gasteiger partial charge in [-0.25, -0.2) is 0 Å². The third-order valence-corrected chi connectivity index (χ3v) is 6.15. The molecule has 4 rings (SSSR count). The quantitative estimate of drug-likeness (QED) is 0.195. The molecule has 0 spiro atoms. The van der Waals surface area contributed by atoms with E-state index < -0.39 is 11.7 Å². The smallest absolute Gasteiger partial charge is 0.418 e. The van der Waals surface area contributed by atoms with Gasteiger partial charge in [0, 0.05) is 16.6 Å². The zero-order chi connectivity index (χ0) is 25.0. The zero-order valence-electron chi connectivity index (χ0n) is 19.9. The second-order valence-corrected chi connectivity index (χ2v) is 9.41. The standard InChI is InChI=1S/C28H26BrF3N2O.ClH/c1-33(2)17-6-18-35-23-8-5-7-21(19-23)26-16-15-25(20-11-13-22(29)14-12-20)34(26)27-10-4-3-9-24(27)28(30,31)32;/h3-5,7-16,19H,6,17-18H2,1-2H3;1H. The molecule has 0 fully saturated rings. The van der Waals surface area contributed by atoms with Crippen molar-refractivity contribution < 1.29 is 17.9 Å². The Kier molecular flexibility index (Phi) is 9.28. The van der Waals surface area contributed by atoms with Crippen molar-refractivity contribution in [2.24, 2.45) is 0 Å². The molecule has 0 aliphatic rings. The predicted octanol–water partition coefficient (Wildman–Crippen LogP) is 8.34. The summed E-state index contributed by atoms with van der Waals surface area (Å²) in [6, 6.07) is 24.4. The Hall–Kier alpha value is -2.74. The number of rotatable bonds is 8. The average Bonchev–Trinajstić information content (AvgIpc) is 3.27. The highest BCUT2D eigenvalue weighted by atomic mass is 79.9. The molecule has 36 heavy (non-hydrogen) atoms. The fourth-order valence-corrected chi connectivity index (χ4v) is 4.26. The van der Waals surface area contributed by atoms with E-state index in [1.807, 2.05) is 74.8 Å². The minimum Gasteiger partial charge on any atom is -0.494 e. The fraction of sp³-hybridized carbons (Fsp3) is 0.214. The first-order valence-corrected chi connectivity index (χ1v) is 12.1. The summed E-state index contributed by atoms with van der Waals surface area (Å²) in [6.07, 6.45) is -3.62. The molecule has 0 aliphatic carbocycles. The Morgan fingerprint density at radius 1 is 0.833 bits per heavy atom. The highest BCUT2D eigenvalue weighted by Crippen LogP contribution is 2.39. The van der Waals surface area contributed by atoms with Crippen LogP contribution in [0.1, 0.15) is 12.0 Å². The van der Waals surface area contributed by atoms with Crippen LogP contribution in [0.3, 0.4) is 0 Å². The van der Waals surface area contributed by atoms with E-state index in [9.17, 15) is 13.2 Å². The van der Waals surface area contributed by atoms with Crippen LogP contribution in [0.2, 0.25) is 0 Å². The monoisotopic (exact) mass is 578 g/mol. The molecule has 0 saturated heterocycles. The Morgan fingerprint density at radius 3 is 2.17 bits per heavy atom. The molecular weight excluding hydrogens is 553 g/mol. The van der Waals surface area contributed by atoms with Crippen molar-refractivity contribution >= 4 is 28.3 Å². The van der Waals surface area contributed by atoms with Crippen molar-refractivity contribution in [2.75, 3.05) is 27.2 Å². The summed E-state index contributed by atoms with van der Waals surface area (Å²) in [6.45, 7) is 1.47. The fourth-order valence-electron chi connectivity index (χ4n) is 3.99. The minimum absolute atomic E-state index is 0. The lowest BCUT2D eigenvalue weighted by atomic mass is 10.1. The Bertz CT molecular complexity index is 1290. The molecule has 0 aliphatic heterocycles. The number of para-hydroxylation sites is 1. The van der Waals surface area contributed by atoms with Gasteiger partial charge in [0.15, 0.2) is 0 Å². The molecule has 0 amide bonds. The molecule has 0 unspecified atom stereocenters. The van der Waals surface area contributed by atoms with E-state index in [2.05, 4.69) is 20.8 Å². The third kappa shape index (κ3) is 6.52. The van der Waals surface area contributed by atoms with Crippen molar-refractivity contribution in [3.8, 4) is 34.0 Å². The van der Waals surface area contributed by atoms with Gasteiger partial charge in [-0.15, -0.1) is 12.4 Å². The van der Waals surface area contributed by atoms with Crippen LogP contribution >= 0.6 is 28.3 Å². The van der Waals surface area contributed by atoms with Gasteiger partial charge in [0.2, 0.25) is 0 Å². The van der Waals surface area contributed by atoms with Gasteiger partial charge in [-0.3, -0.25) is 0 Å². The molecule has 0 atom stereocenters. The second-order valence-electron chi connectivity index (χ2n) is 8.49. The number of halogens is 5. The lowest BCUT2D eigenvalue weighted by Gasteiger charge is -2.19. The van der Waals surface area contributed by atoms with Crippen LogP contribution in [0.5, 0.6) is 5.75 Å². The van der Waals surface area contributed by atoms with Crippen molar-refractivity contribution in [3.63, 3.8) is 0 Å². The van der Waals surface area contributed by atoms with E-state index in [1.165, 1.54) is 12.1 Å². The maximum Gasteiger partial charge on any atom is 0.418 e. The van der Waals surface area contributed by atoms with Gasteiger partial charge in [0.25, 0.3) is 0 Å². The highest BCUT2D eigenvalue weighted by Gasteiger charge is 2.34. The molecule has 1 heterocycles. The molecule has 4 aromatic rings. The topological polar surface area (TPSA) is 17.4 Å². The summed E-state index contributed by atoms with van der Waals surface area (Å²) in [5, 5.41) is 0. The highest BCUT2D eigenvalue weighted by molar-refractivity contribution is 9.10. The van der Waals surface area contributed by atoms with Crippen molar-refractivity contribution in [1.29, 1.82) is 0 Å². The van der Waals surface area contributed by atoms with E-state index >= 15 is 0 Å². The van der Waals surface area contributed by atoms with Gasteiger partial charge >= 0.3 is 6.18 Å². The Balaban J connectivity index is 0.00000361. The number of hydrogen-bond acceptors (Lipinski definition) is 2. The van der Waals surface area contributed by atoms with Gasteiger partial charge in [0.05, 0.1) is 29.2 Å². The van der Waals surface area contributed by atoms with Crippen LogP contribution in [-0.4, -0.2) is 36.7 Å². The maximum atomic E-state index is 14.0. The SMILES string of the molecule is CN(C)CCCOc1cccc(-c2ccc(-c3ccc(Br)cc3)n2-c2ccccc2C(F)(F)F)c1.Cl. The summed E-state index contributed by atoms with van der Waals surface area (Å²) >= 11 is 3.43. The van der Waals surface area contributed by atoms with Gasteiger partial charge in [-0.2, -0.15) is 13.2 Å². The number of ether oxygens (including phenoxy) is 1. The average molecular weight is 580 g/mol. The van der Waals surface area contributed by atoms with Gasteiger partial charge in [-0.05, 0) is 74.6 Å². The summed E-state index contributed by atoms with van der Waals surface area (Å²) in [7, 11) is 4.02. The van der Waals surface area contributed by atoms with Crippen LogP contribution in [0, 0.1) is 0 Å². The Labute approximate surface area is 224 Å². The van der Waals surface area contributed by atoms with Crippen molar-refractivity contribution in [2.45, 2.75) is 12.6 Å². The lowest BCUT2D eigenvalue weighted by molar-refractivity contribution is -0.137. The number of benzene rings is 3. The van der Waals surface area contributed by atoms with Crippen LogP contribution in [0.15, 0.2) is 89.4 Å². The zero-order valence-corrected chi connectivity index (χ0v) is 22.3. The number of nitrogens with zero attached hydrogens (tertiary/aromatic N) is 2. The molecule has 8 heteroatoms. The molecule has 0 bridgehead atoms. The van der Waals surface area contributed by atoms with E-state index in [4.69, 9.17) is 4.74 Å². The van der Waals surface area contributed by atoms with E-state index in [0.29, 0.717) is 23.7 Å². The minimum atomic E-state index is -4.49. The number of alkyl halides is 3. The van der Waals surface area contributed by atoms with E-state index in [-0.39, 0.29) is 18.1 Å². The maximum absolute atomic E-state index is 14.0. The van der Waals surface area contributed by atoms with Crippen LogP contribution in [-0.2, 0) is 6.18 Å². The molecule has 0 N–H and O–H groups in total. The largest absolute Gasteiger partial charge is 0.494 e. The van der Waals surface area contributed by atoms with Gasteiger partial charge < -0.3 is 14.2 Å². The van der Waals surface area contributed by atoms with E-state index in [0.717, 1.165) is 34.6 Å². The van der Waals surface area contributed by atoms with Crippen LogP contribution < -0.4 is 4.74 Å². The molecule has 190 valence electrons. The van der Waals surface area contributed by atoms with Gasteiger partial charge in [0.1, 0.15) is 5.75 Å². The molecule has 0 radical (unpaired) electrons. The first-order chi connectivity index (χ1) is 16.7. The second kappa shape index (κ2) is 12.0. The summed E-state index contributed by atoms with van der Waals surface area (Å²) in [5.41, 5.74) is 2.30. The molecule has 1 aromatic heterocycles. The third-order valence-electron chi connectivity index (χ3n) is 5.62. The lowest BCUT2D eigenvalue weighted by Crippen LogP contribution is -2.15.